The van der Waals surface area contributed by atoms with Crippen LogP contribution in [0.2, 0.25) is 6.82 Å². The Hall–Kier alpha value is -2.03. The molecule has 3 heteroatoms. The molecule has 2 aromatic rings. The quantitative estimate of drug-likeness (QED) is 0.540. The third-order valence-electron chi connectivity index (χ3n) is 3.68. The lowest BCUT2D eigenvalue weighted by atomic mass is 9.61. The van der Waals surface area contributed by atoms with E-state index in [4.69, 9.17) is 0 Å². The molecule has 2 nitrogen and oxygen atoms in total. The van der Waals surface area contributed by atoms with Crippen molar-refractivity contribution in [3.8, 4) is 0 Å². The largest absolute Gasteiger partial charge is 0.402 e. The number of hydrogen-bond donors (Lipinski definition) is 0. The number of aryl methyl sites for hydroxylation is 2. The van der Waals surface area contributed by atoms with Crippen molar-refractivity contribution in [2.75, 3.05) is 4.81 Å². The van der Waals surface area contributed by atoms with Crippen LogP contribution in [0.15, 0.2) is 42.6 Å². The summed E-state index contributed by atoms with van der Waals surface area (Å²) >= 11 is 0. The summed E-state index contributed by atoms with van der Waals surface area (Å²) in [5, 5.41) is 2.60. The smallest absolute Gasteiger partial charge is 0.293 e. The number of aromatic nitrogens is 1. The number of anilines is 1. The maximum atomic E-state index is 2.33. The van der Waals surface area contributed by atoms with Gasteiger partial charge in [-0.1, -0.05) is 30.2 Å². The van der Waals surface area contributed by atoms with Crippen LogP contribution in [0.4, 0.5) is 5.82 Å². The molecule has 19 heavy (non-hydrogen) atoms. The van der Waals surface area contributed by atoms with E-state index in [1.807, 2.05) is 0 Å². The van der Waals surface area contributed by atoms with Crippen molar-refractivity contribution in [3.63, 3.8) is 0 Å². The molecule has 1 aliphatic heterocycles. The molecule has 3 rings (SSSR count). The van der Waals surface area contributed by atoms with Gasteiger partial charge in [-0.25, -0.2) is 4.57 Å². The first kappa shape index (κ1) is 12.0. The summed E-state index contributed by atoms with van der Waals surface area (Å²) in [5.41, 5.74) is 1.28. The van der Waals surface area contributed by atoms with Crippen molar-refractivity contribution in [2.24, 2.45) is 7.05 Å². The highest BCUT2D eigenvalue weighted by Crippen LogP contribution is 2.14. The van der Waals surface area contributed by atoms with Crippen LogP contribution < -0.4 is 19.8 Å². The van der Waals surface area contributed by atoms with E-state index < -0.39 is 0 Å². The predicted octanol–water partition coefficient (Wildman–Crippen LogP) is 1.02. The molecular weight excluding hydrogens is 231 g/mol. The van der Waals surface area contributed by atoms with Crippen molar-refractivity contribution >= 4 is 24.8 Å². The highest BCUT2D eigenvalue weighted by molar-refractivity contribution is 6.76. The Morgan fingerprint density at radius 2 is 1.84 bits per heavy atom. The van der Waals surface area contributed by atoms with E-state index in [2.05, 4.69) is 84.9 Å². The lowest BCUT2D eigenvalue weighted by Gasteiger charge is -2.20. The van der Waals surface area contributed by atoms with Gasteiger partial charge in [0, 0.05) is 11.3 Å². The standard InChI is InChI=1S/C16H18BN2/c1-13-8-9-18(3)16(10-13)19-12-15-7-5-4-6-14(15)11-17(19)2/h4-12H,1-3H3/q+1. The molecule has 0 N–H and O–H groups in total. The fourth-order valence-electron chi connectivity index (χ4n) is 2.58. The summed E-state index contributed by atoms with van der Waals surface area (Å²) < 4.78 is 2.17. The number of fused-ring (bicyclic) bond motifs is 1. The SMILES string of the molecule is CB1C=c2ccccc2=CN1c1cc(C)cc[n+]1C. The molecule has 0 aliphatic carbocycles. The first-order valence-corrected chi connectivity index (χ1v) is 6.68. The number of benzene rings is 1. The number of hydrogen-bond acceptors (Lipinski definition) is 1. The van der Waals surface area contributed by atoms with E-state index in [0.717, 1.165) is 0 Å². The van der Waals surface area contributed by atoms with Crippen molar-refractivity contribution in [1.29, 1.82) is 0 Å². The second kappa shape index (κ2) is 4.58. The number of rotatable bonds is 1. The number of nitrogens with zero attached hydrogens (tertiary/aromatic N) is 2. The van der Waals surface area contributed by atoms with E-state index in [1.165, 1.54) is 21.8 Å². The van der Waals surface area contributed by atoms with Crippen LogP contribution in [-0.4, -0.2) is 6.85 Å². The average molecular weight is 249 g/mol. The van der Waals surface area contributed by atoms with Gasteiger partial charge in [0.05, 0.1) is 19.4 Å². The topological polar surface area (TPSA) is 7.12 Å². The minimum atomic E-state index is 0.364. The average Bonchev–Trinajstić information content (AvgIpc) is 2.41. The Labute approximate surface area is 114 Å². The van der Waals surface area contributed by atoms with E-state index in [0.29, 0.717) is 6.85 Å². The molecule has 0 spiro atoms. The summed E-state index contributed by atoms with van der Waals surface area (Å²) in [6.45, 7) is 4.73. The second-order valence-corrected chi connectivity index (χ2v) is 5.25. The van der Waals surface area contributed by atoms with Crippen LogP contribution in [0, 0.1) is 6.92 Å². The van der Waals surface area contributed by atoms with E-state index >= 15 is 0 Å². The van der Waals surface area contributed by atoms with E-state index in [-0.39, 0.29) is 0 Å². The van der Waals surface area contributed by atoms with Gasteiger partial charge in [0.25, 0.3) is 5.82 Å². The predicted molar refractivity (Wildman–Crippen MR) is 81.1 cm³/mol. The maximum Gasteiger partial charge on any atom is 0.402 e. The first-order chi connectivity index (χ1) is 9.15. The molecular formula is C16H18BN2+. The molecule has 1 aromatic carbocycles. The fourth-order valence-corrected chi connectivity index (χ4v) is 2.58. The third kappa shape index (κ3) is 2.16. The van der Waals surface area contributed by atoms with Crippen molar-refractivity contribution in [2.45, 2.75) is 13.7 Å². The summed E-state index contributed by atoms with van der Waals surface area (Å²) in [7, 11) is 2.09. The van der Waals surface area contributed by atoms with Gasteiger partial charge in [0.15, 0.2) is 0 Å². The highest BCUT2D eigenvalue weighted by Gasteiger charge is 2.27. The van der Waals surface area contributed by atoms with Crippen LogP contribution in [0.3, 0.4) is 0 Å². The molecule has 94 valence electrons. The van der Waals surface area contributed by atoms with Gasteiger partial charge >= 0.3 is 6.85 Å². The van der Waals surface area contributed by atoms with Crippen LogP contribution in [0.25, 0.3) is 12.2 Å². The van der Waals surface area contributed by atoms with E-state index in [9.17, 15) is 0 Å². The molecule has 0 saturated heterocycles. The lowest BCUT2D eigenvalue weighted by Crippen LogP contribution is -2.47. The zero-order chi connectivity index (χ0) is 13.4. The molecule has 0 unspecified atom stereocenters. The van der Waals surface area contributed by atoms with Crippen molar-refractivity contribution in [3.05, 3.63) is 58.6 Å². The van der Waals surface area contributed by atoms with Crippen LogP contribution >= 0.6 is 0 Å². The zero-order valence-electron chi connectivity index (χ0n) is 11.7. The second-order valence-electron chi connectivity index (χ2n) is 5.25. The summed E-state index contributed by atoms with van der Waals surface area (Å²) in [5.74, 6) is 3.54. The number of pyridine rings is 1. The molecule has 2 heterocycles. The fraction of sp³-hybridized carbons (Fsp3) is 0.188. The summed E-state index contributed by atoms with van der Waals surface area (Å²) in [6, 6.07) is 12.9. The van der Waals surface area contributed by atoms with Gasteiger partial charge in [0.2, 0.25) is 0 Å². The minimum Gasteiger partial charge on any atom is -0.293 e. The third-order valence-corrected chi connectivity index (χ3v) is 3.68. The molecule has 1 aliphatic rings. The van der Waals surface area contributed by atoms with Crippen molar-refractivity contribution < 1.29 is 4.57 Å². The molecule has 0 amide bonds. The molecule has 1 aromatic heterocycles. The van der Waals surface area contributed by atoms with Crippen LogP contribution in [-0.2, 0) is 7.05 Å². The molecule has 0 atom stereocenters. The maximum absolute atomic E-state index is 2.33. The zero-order valence-corrected chi connectivity index (χ0v) is 11.7. The summed E-state index contributed by atoms with van der Waals surface area (Å²) in [6.07, 6.45) is 4.36. The molecule has 0 saturated carbocycles. The monoisotopic (exact) mass is 249 g/mol. The van der Waals surface area contributed by atoms with E-state index in [1.54, 1.807) is 0 Å². The molecule has 0 radical (unpaired) electrons. The van der Waals surface area contributed by atoms with Crippen molar-refractivity contribution in [1.82, 2.24) is 0 Å². The molecule has 0 bridgehead atoms. The van der Waals surface area contributed by atoms with Gasteiger partial charge in [-0.2, -0.15) is 0 Å². The van der Waals surface area contributed by atoms with Crippen LogP contribution in [0.5, 0.6) is 0 Å². The van der Waals surface area contributed by atoms with Gasteiger partial charge in [0.1, 0.15) is 0 Å². The Morgan fingerprint density at radius 3 is 2.63 bits per heavy atom. The summed E-state index contributed by atoms with van der Waals surface area (Å²) in [4.78, 5) is 2.33. The Morgan fingerprint density at radius 1 is 1.11 bits per heavy atom. The van der Waals surface area contributed by atoms with Gasteiger partial charge < -0.3 is 0 Å². The Bertz CT molecular complexity index is 737. The highest BCUT2D eigenvalue weighted by atomic mass is 15.2. The van der Waals surface area contributed by atoms with Gasteiger partial charge in [-0.3, -0.25) is 4.81 Å². The van der Waals surface area contributed by atoms with Crippen LogP contribution in [0.1, 0.15) is 5.56 Å². The minimum absolute atomic E-state index is 0.364. The molecule has 0 fully saturated rings. The Balaban J connectivity index is 2.17. The van der Waals surface area contributed by atoms with Gasteiger partial charge in [-0.05, 0) is 30.6 Å². The normalized spacial score (nSPS) is 13.6. The lowest BCUT2D eigenvalue weighted by molar-refractivity contribution is -0.658. The first-order valence-electron chi connectivity index (χ1n) is 6.68. The Kier molecular flexibility index (Phi) is 2.90. The van der Waals surface area contributed by atoms with Gasteiger partial charge in [-0.15, -0.1) is 0 Å².